The summed E-state index contributed by atoms with van der Waals surface area (Å²) in [6, 6.07) is 15.8. The average molecular weight is 352 g/mol. The summed E-state index contributed by atoms with van der Waals surface area (Å²) in [5.74, 6) is -3.40. The molecule has 1 heterocycles. The number of benzene rings is 2. The smallest absolute Gasteiger partial charge is 0.341 e. The van der Waals surface area contributed by atoms with Crippen molar-refractivity contribution < 1.29 is 17.2 Å². The van der Waals surface area contributed by atoms with Gasteiger partial charge in [0.25, 0.3) is 0 Å². The molecule has 0 aromatic heterocycles. The Bertz CT molecular complexity index is 780. The Morgan fingerprint density at radius 2 is 1.71 bits per heavy atom. The zero-order chi connectivity index (χ0) is 17.2. The van der Waals surface area contributed by atoms with Crippen LogP contribution in [-0.2, 0) is 9.84 Å². The largest absolute Gasteiger partial charge is 0.380 e. The monoisotopic (exact) mass is 352 g/mol. The molecule has 0 spiro atoms. The molecule has 0 saturated carbocycles. The highest BCUT2D eigenvalue weighted by Gasteiger charge is 2.26. The zero-order valence-electron chi connectivity index (χ0n) is 12.9. The third-order valence-corrected chi connectivity index (χ3v) is 5.50. The van der Waals surface area contributed by atoms with Crippen molar-refractivity contribution in [1.82, 2.24) is 0 Å². The molecule has 0 radical (unpaired) electrons. The number of sulfone groups is 1. The lowest BCUT2D eigenvalue weighted by Crippen LogP contribution is -2.25. The molecule has 1 fully saturated rings. The molecule has 1 atom stereocenters. The Morgan fingerprint density at radius 1 is 1.04 bits per heavy atom. The van der Waals surface area contributed by atoms with Crippen LogP contribution in [0.1, 0.15) is 6.42 Å². The van der Waals surface area contributed by atoms with Crippen LogP contribution in [0.5, 0.6) is 0 Å². The van der Waals surface area contributed by atoms with Crippen LogP contribution in [0, 0.1) is 0 Å². The van der Waals surface area contributed by atoms with Gasteiger partial charge in [-0.2, -0.15) is 8.78 Å². The first-order valence-corrected chi connectivity index (χ1v) is 9.20. The normalized spacial score (nSPS) is 18.1. The molecule has 0 bridgehead atoms. The van der Waals surface area contributed by atoms with Crippen molar-refractivity contribution in [3.8, 4) is 0 Å². The number of nitrogens with zero attached hydrogens (tertiary/aromatic N) is 1. The molecule has 0 amide bonds. The van der Waals surface area contributed by atoms with E-state index in [9.17, 15) is 17.2 Å². The summed E-state index contributed by atoms with van der Waals surface area (Å²) in [6.45, 7) is 1.76. The summed E-state index contributed by atoms with van der Waals surface area (Å²) in [5, 5.41) is 3.32. The van der Waals surface area contributed by atoms with E-state index in [1.807, 2.05) is 18.2 Å². The van der Waals surface area contributed by atoms with Crippen LogP contribution in [-0.4, -0.2) is 33.3 Å². The third-order valence-electron chi connectivity index (χ3n) is 4.10. The minimum Gasteiger partial charge on any atom is -0.380 e. The van der Waals surface area contributed by atoms with E-state index in [-0.39, 0.29) is 10.9 Å². The quantitative estimate of drug-likeness (QED) is 0.896. The molecule has 7 heteroatoms. The molecule has 3 rings (SSSR count). The topological polar surface area (TPSA) is 49.4 Å². The van der Waals surface area contributed by atoms with E-state index in [4.69, 9.17) is 0 Å². The predicted molar refractivity (Wildman–Crippen MR) is 90.3 cm³/mol. The van der Waals surface area contributed by atoms with Crippen molar-refractivity contribution in [3.63, 3.8) is 0 Å². The minimum atomic E-state index is -4.54. The number of para-hydroxylation sites is 1. The second kappa shape index (κ2) is 6.76. The van der Waals surface area contributed by atoms with Gasteiger partial charge in [-0.05, 0) is 42.8 Å². The molecule has 1 unspecified atom stereocenters. The van der Waals surface area contributed by atoms with E-state index in [2.05, 4.69) is 22.3 Å². The molecule has 4 nitrogen and oxygen atoms in total. The van der Waals surface area contributed by atoms with Crippen molar-refractivity contribution in [2.24, 2.45) is 0 Å². The predicted octanol–water partition coefficient (Wildman–Crippen LogP) is 3.37. The lowest BCUT2D eigenvalue weighted by atomic mass is 10.2. The summed E-state index contributed by atoms with van der Waals surface area (Å²) in [5.41, 5.74) is 1.89. The van der Waals surface area contributed by atoms with E-state index in [1.165, 1.54) is 30.0 Å². The van der Waals surface area contributed by atoms with Crippen molar-refractivity contribution in [2.45, 2.75) is 23.1 Å². The van der Waals surface area contributed by atoms with Gasteiger partial charge in [0.05, 0.1) is 4.90 Å². The molecule has 2 aromatic carbocycles. The number of hydrogen-bond donors (Lipinski definition) is 1. The van der Waals surface area contributed by atoms with Gasteiger partial charge in [-0.25, -0.2) is 8.42 Å². The zero-order valence-corrected chi connectivity index (χ0v) is 13.7. The maximum atomic E-state index is 12.5. The number of anilines is 2. The van der Waals surface area contributed by atoms with Crippen molar-refractivity contribution in [2.75, 3.05) is 23.3 Å². The molecular weight excluding hydrogens is 334 g/mol. The summed E-state index contributed by atoms with van der Waals surface area (Å²) in [4.78, 5) is 1.91. The van der Waals surface area contributed by atoms with Gasteiger partial charge in [-0.3, -0.25) is 0 Å². The molecule has 1 saturated heterocycles. The van der Waals surface area contributed by atoms with E-state index in [0.717, 1.165) is 25.2 Å². The number of halogens is 2. The van der Waals surface area contributed by atoms with E-state index < -0.39 is 15.6 Å². The maximum absolute atomic E-state index is 12.5. The number of hydrogen-bond acceptors (Lipinski definition) is 4. The van der Waals surface area contributed by atoms with Gasteiger partial charge in [0, 0.05) is 30.5 Å². The molecule has 1 aliphatic rings. The van der Waals surface area contributed by atoms with Gasteiger partial charge in [0.2, 0.25) is 9.84 Å². The SMILES string of the molecule is O=S(=O)(c1ccc(NC2CCN(c3ccccc3)C2)cc1)C(F)F. The maximum Gasteiger partial charge on any atom is 0.341 e. The van der Waals surface area contributed by atoms with Gasteiger partial charge in [-0.1, -0.05) is 18.2 Å². The number of alkyl halides is 2. The first-order chi connectivity index (χ1) is 11.5. The van der Waals surface area contributed by atoms with Crippen molar-refractivity contribution in [3.05, 3.63) is 54.6 Å². The Labute approximate surface area is 140 Å². The second-order valence-corrected chi connectivity index (χ2v) is 7.66. The lowest BCUT2D eigenvalue weighted by molar-refractivity contribution is 0.234. The lowest BCUT2D eigenvalue weighted by Gasteiger charge is -2.19. The standard InChI is InChI=1S/C17H18F2N2O2S/c18-17(19)24(22,23)16-8-6-13(7-9-16)20-14-10-11-21(12-14)15-4-2-1-3-5-15/h1-9,14,17,20H,10-12H2. The first kappa shape index (κ1) is 16.7. The highest BCUT2D eigenvalue weighted by atomic mass is 32.2. The molecule has 1 N–H and O–H groups in total. The van der Waals surface area contributed by atoms with Crippen molar-refractivity contribution in [1.29, 1.82) is 0 Å². The molecular formula is C17H18F2N2O2S. The Hall–Kier alpha value is -2.15. The summed E-state index contributed by atoms with van der Waals surface area (Å²) >= 11 is 0. The Balaban J connectivity index is 1.63. The van der Waals surface area contributed by atoms with Crippen LogP contribution in [0.3, 0.4) is 0 Å². The molecule has 1 aliphatic heterocycles. The van der Waals surface area contributed by atoms with Crippen LogP contribution >= 0.6 is 0 Å². The van der Waals surface area contributed by atoms with Crippen LogP contribution in [0.15, 0.2) is 59.5 Å². The van der Waals surface area contributed by atoms with Crippen molar-refractivity contribution >= 4 is 21.2 Å². The second-order valence-electron chi connectivity index (χ2n) is 5.74. The van der Waals surface area contributed by atoms with Crippen LogP contribution in [0.2, 0.25) is 0 Å². The highest BCUT2D eigenvalue weighted by molar-refractivity contribution is 7.91. The Morgan fingerprint density at radius 3 is 2.33 bits per heavy atom. The fraction of sp³-hybridized carbons (Fsp3) is 0.294. The minimum absolute atomic E-state index is 0.225. The van der Waals surface area contributed by atoms with E-state index >= 15 is 0 Å². The van der Waals surface area contributed by atoms with Crippen LogP contribution in [0.4, 0.5) is 20.2 Å². The fourth-order valence-electron chi connectivity index (χ4n) is 2.83. The molecule has 24 heavy (non-hydrogen) atoms. The summed E-state index contributed by atoms with van der Waals surface area (Å²) < 4.78 is 47.9. The van der Waals surface area contributed by atoms with Crippen LogP contribution < -0.4 is 10.2 Å². The van der Waals surface area contributed by atoms with E-state index in [1.54, 1.807) is 0 Å². The molecule has 128 valence electrons. The van der Waals surface area contributed by atoms with Gasteiger partial charge < -0.3 is 10.2 Å². The summed E-state index contributed by atoms with van der Waals surface area (Å²) in [7, 11) is -4.54. The Kier molecular flexibility index (Phi) is 4.71. The third kappa shape index (κ3) is 3.51. The first-order valence-electron chi connectivity index (χ1n) is 7.65. The molecule has 0 aliphatic carbocycles. The molecule has 2 aromatic rings. The van der Waals surface area contributed by atoms with Crippen LogP contribution in [0.25, 0.3) is 0 Å². The number of nitrogens with one attached hydrogen (secondary N) is 1. The fourth-order valence-corrected chi connectivity index (χ4v) is 3.55. The van der Waals surface area contributed by atoms with E-state index in [0.29, 0.717) is 0 Å². The van der Waals surface area contributed by atoms with Gasteiger partial charge in [0.15, 0.2) is 0 Å². The van der Waals surface area contributed by atoms with Gasteiger partial charge >= 0.3 is 5.76 Å². The highest BCUT2D eigenvalue weighted by Crippen LogP contribution is 2.24. The number of rotatable bonds is 5. The van der Waals surface area contributed by atoms with Gasteiger partial charge in [-0.15, -0.1) is 0 Å². The summed E-state index contributed by atoms with van der Waals surface area (Å²) in [6.07, 6.45) is 0.950. The average Bonchev–Trinajstić information content (AvgIpc) is 3.04. The van der Waals surface area contributed by atoms with Gasteiger partial charge in [0.1, 0.15) is 0 Å².